The van der Waals surface area contributed by atoms with E-state index in [1.165, 1.54) is 0 Å². The van der Waals surface area contributed by atoms with Crippen molar-refractivity contribution < 1.29 is 0 Å². The summed E-state index contributed by atoms with van der Waals surface area (Å²) in [5.74, 6) is 1.48. The number of rotatable bonds is 3. The lowest BCUT2D eigenvalue weighted by molar-refractivity contribution is 0.682. The highest BCUT2D eigenvalue weighted by Gasteiger charge is 2.07. The van der Waals surface area contributed by atoms with E-state index in [9.17, 15) is 4.79 Å². The molecule has 0 aliphatic carbocycles. The molecule has 2 aromatic heterocycles. The molecule has 0 saturated heterocycles. The van der Waals surface area contributed by atoms with E-state index in [4.69, 9.17) is 0 Å². The third-order valence-electron chi connectivity index (χ3n) is 2.59. The van der Waals surface area contributed by atoms with E-state index in [2.05, 4.69) is 15.3 Å². The Morgan fingerprint density at radius 3 is 2.94 bits per heavy atom. The van der Waals surface area contributed by atoms with Gasteiger partial charge in [0.2, 0.25) is 0 Å². The normalized spacial score (nSPS) is 10.4. The van der Waals surface area contributed by atoms with Crippen molar-refractivity contribution in [2.45, 2.75) is 13.5 Å². The van der Waals surface area contributed by atoms with Crippen molar-refractivity contribution in [1.29, 1.82) is 0 Å². The molecule has 2 heterocycles. The topological polar surface area (TPSA) is 59.8 Å². The zero-order valence-corrected chi connectivity index (χ0v) is 12.3. The Labute approximate surface area is 118 Å². The van der Waals surface area contributed by atoms with Crippen LogP contribution in [0.5, 0.6) is 0 Å². The van der Waals surface area contributed by atoms with E-state index in [0.29, 0.717) is 15.9 Å². The first-order valence-electron chi connectivity index (χ1n) is 5.47. The van der Waals surface area contributed by atoms with E-state index in [1.54, 1.807) is 10.8 Å². The predicted molar refractivity (Wildman–Crippen MR) is 78.8 cm³/mol. The van der Waals surface area contributed by atoms with Gasteiger partial charge in [-0.05, 0) is 41.6 Å². The van der Waals surface area contributed by atoms with E-state index in [1.807, 2.05) is 54.8 Å². The van der Waals surface area contributed by atoms with Crippen molar-refractivity contribution >= 4 is 28.4 Å². The minimum Gasteiger partial charge on any atom is -0.373 e. The van der Waals surface area contributed by atoms with Crippen LogP contribution < -0.4 is 10.9 Å². The highest BCUT2D eigenvalue weighted by molar-refractivity contribution is 14.1. The fourth-order valence-electron chi connectivity index (χ4n) is 1.61. The van der Waals surface area contributed by atoms with Crippen LogP contribution in [0.3, 0.4) is 0 Å². The number of anilines is 1. The molecule has 0 aliphatic rings. The minimum atomic E-state index is -0.0280. The van der Waals surface area contributed by atoms with Gasteiger partial charge < -0.3 is 5.32 Å². The first-order valence-corrected chi connectivity index (χ1v) is 6.55. The average molecular weight is 356 g/mol. The molecule has 94 valence electrons. The lowest BCUT2D eigenvalue weighted by Crippen LogP contribution is -2.26. The summed E-state index contributed by atoms with van der Waals surface area (Å²) in [4.78, 5) is 20.6. The smallest absolute Gasteiger partial charge is 0.267 e. The standard InChI is InChI=1S/C12H13IN4O/c1-8-15-6-10(13)12(18)17(8)7-9-4-3-5-11(14-2)16-9/h3-6H,7H2,1-2H3,(H,14,16). The summed E-state index contributed by atoms with van der Waals surface area (Å²) in [5, 5.41) is 2.98. The lowest BCUT2D eigenvalue weighted by atomic mass is 10.3. The predicted octanol–water partition coefficient (Wildman–Crippen LogP) is 1.64. The molecule has 0 amide bonds. The second kappa shape index (κ2) is 5.47. The van der Waals surface area contributed by atoms with Gasteiger partial charge in [0.1, 0.15) is 11.6 Å². The van der Waals surface area contributed by atoms with E-state index >= 15 is 0 Å². The Morgan fingerprint density at radius 2 is 2.22 bits per heavy atom. The van der Waals surface area contributed by atoms with Crippen LogP contribution in [0.1, 0.15) is 11.5 Å². The van der Waals surface area contributed by atoms with Gasteiger partial charge >= 0.3 is 0 Å². The highest BCUT2D eigenvalue weighted by Crippen LogP contribution is 2.06. The fraction of sp³-hybridized carbons (Fsp3) is 0.250. The molecular weight excluding hydrogens is 343 g/mol. The Balaban J connectivity index is 2.40. The van der Waals surface area contributed by atoms with Crippen molar-refractivity contribution in [3.63, 3.8) is 0 Å². The molecule has 0 spiro atoms. The van der Waals surface area contributed by atoms with Gasteiger partial charge in [0.25, 0.3) is 5.56 Å². The van der Waals surface area contributed by atoms with Crippen LogP contribution in [0.25, 0.3) is 0 Å². The zero-order valence-electron chi connectivity index (χ0n) is 10.1. The molecule has 0 bridgehead atoms. The van der Waals surface area contributed by atoms with Crippen molar-refractivity contribution in [2.75, 3.05) is 12.4 Å². The van der Waals surface area contributed by atoms with Crippen LogP contribution in [0, 0.1) is 10.5 Å². The first-order chi connectivity index (χ1) is 8.61. The number of nitrogens with one attached hydrogen (secondary N) is 1. The molecule has 0 radical (unpaired) electrons. The first kappa shape index (κ1) is 13.0. The summed E-state index contributed by atoms with van der Waals surface area (Å²) in [6.45, 7) is 2.25. The Morgan fingerprint density at radius 1 is 1.44 bits per heavy atom. The maximum atomic E-state index is 12.0. The Hall–Kier alpha value is -1.44. The number of hydrogen-bond acceptors (Lipinski definition) is 4. The SMILES string of the molecule is CNc1cccc(Cn2c(C)ncc(I)c2=O)n1. The van der Waals surface area contributed by atoms with Crippen LogP contribution in [0.2, 0.25) is 0 Å². The number of aryl methyl sites for hydroxylation is 1. The van der Waals surface area contributed by atoms with Gasteiger partial charge in [-0.1, -0.05) is 6.07 Å². The lowest BCUT2D eigenvalue weighted by Gasteiger charge is -2.09. The molecule has 0 atom stereocenters. The molecule has 0 saturated carbocycles. The number of nitrogens with zero attached hydrogens (tertiary/aromatic N) is 3. The van der Waals surface area contributed by atoms with Crippen LogP contribution >= 0.6 is 22.6 Å². The van der Waals surface area contributed by atoms with Gasteiger partial charge in [-0.25, -0.2) is 9.97 Å². The molecule has 6 heteroatoms. The quantitative estimate of drug-likeness (QED) is 0.850. The third-order valence-corrected chi connectivity index (χ3v) is 3.33. The third kappa shape index (κ3) is 2.69. The number of pyridine rings is 1. The van der Waals surface area contributed by atoms with E-state index in [0.717, 1.165) is 11.5 Å². The molecule has 2 aromatic rings. The molecule has 0 aliphatic heterocycles. The summed E-state index contributed by atoms with van der Waals surface area (Å²) in [5.41, 5.74) is 0.801. The Kier molecular flexibility index (Phi) is 3.95. The second-order valence-corrected chi connectivity index (χ2v) is 4.97. The maximum Gasteiger partial charge on any atom is 0.267 e. The molecule has 0 aromatic carbocycles. The van der Waals surface area contributed by atoms with Gasteiger partial charge in [0, 0.05) is 13.2 Å². The van der Waals surface area contributed by atoms with Crippen LogP contribution in [-0.2, 0) is 6.54 Å². The summed E-state index contributed by atoms with van der Waals surface area (Å²) < 4.78 is 2.24. The summed E-state index contributed by atoms with van der Waals surface area (Å²) in [7, 11) is 1.82. The molecule has 5 nitrogen and oxygen atoms in total. The second-order valence-electron chi connectivity index (χ2n) is 3.81. The summed E-state index contributed by atoms with van der Waals surface area (Å²) in [6.07, 6.45) is 1.59. The number of aromatic nitrogens is 3. The highest BCUT2D eigenvalue weighted by atomic mass is 127. The van der Waals surface area contributed by atoms with Crippen molar-refractivity contribution in [3.05, 3.63) is 49.8 Å². The van der Waals surface area contributed by atoms with Crippen molar-refractivity contribution in [3.8, 4) is 0 Å². The monoisotopic (exact) mass is 356 g/mol. The van der Waals surface area contributed by atoms with Crippen molar-refractivity contribution in [1.82, 2.24) is 14.5 Å². The molecule has 0 fully saturated rings. The molecule has 0 unspecified atom stereocenters. The van der Waals surface area contributed by atoms with Gasteiger partial charge in [-0.2, -0.15) is 0 Å². The maximum absolute atomic E-state index is 12.0. The minimum absolute atomic E-state index is 0.0280. The molecular formula is C12H13IN4O. The van der Waals surface area contributed by atoms with Crippen LogP contribution in [0.4, 0.5) is 5.82 Å². The average Bonchev–Trinajstić information content (AvgIpc) is 2.39. The number of halogens is 1. The van der Waals surface area contributed by atoms with E-state index in [-0.39, 0.29) is 5.56 Å². The van der Waals surface area contributed by atoms with Gasteiger partial charge in [0.15, 0.2) is 0 Å². The molecule has 1 N–H and O–H groups in total. The Bertz CT molecular complexity index is 624. The largest absolute Gasteiger partial charge is 0.373 e. The van der Waals surface area contributed by atoms with Crippen molar-refractivity contribution in [2.24, 2.45) is 0 Å². The molecule has 2 rings (SSSR count). The van der Waals surface area contributed by atoms with E-state index < -0.39 is 0 Å². The summed E-state index contributed by atoms with van der Waals surface area (Å²) in [6, 6.07) is 5.69. The van der Waals surface area contributed by atoms with Crippen LogP contribution in [0.15, 0.2) is 29.2 Å². The number of hydrogen-bond donors (Lipinski definition) is 1. The van der Waals surface area contributed by atoms with Gasteiger partial charge in [0.05, 0.1) is 15.8 Å². The summed E-state index contributed by atoms with van der Waals surface area (Å²) >= 11 is 1.99. The fourth-order valence-corrected chi connectivity index (χ4v) is 2.04. The molecule has 18 heavy (non-hydrogen) atoms. The zero-order chi connectivity index (χ0) is 13.1. The van der Waals surface area contributed by atoms with Gasteiger partial charge in [-0.15, -0.1) is 0 Å². The van der Waals surface area contributed by atoms with Gasteiger partial charge in [-0.3, -0.25) is 9.36 Å². The van der Waals surface area contributed by atoms with Crippen LogP contribution in [-0.4, -0.2) is 21.6 Å².